The van der Waals surface area contributed by atoms with Crippen LogP contribution in [0.5, 0.6) is 0 Å². The van der Waals surface area contributed by atoms with Crippen molar-refractivity contribution in [3.05, 3.63) is 27.3 Å². The lowest BCUT2D eigenvalue weighted by molar-refractivity contribution is -0.117. The Kier molecular flexibility index (Phi) is 5.12. The summed E-state index contributed by atoms with van der Waals surface area (Å²) in [5, 5.41) is 11.5. The van der Waals surface area contributed by atoms with Gasteiger partial charge in [-0.1, -0.05) is 0 Å². The molecule has 18 heavy (non-hydrogen) atoms. The molecule has 0 fully saturated rings. The van der Waals surface area contributed by atoms with Crippen molar-refractivity contribution in [1.29, 1.82) is 0 Å². The highest BCUT2D eigenvalue weighted by atomic mass is 127. The van der Waals surface area contributed by atoms with Gasteiger partial charge in [-0.25, -0.2) is 4.79 Å². The standard InChI is InChI=1S/C12H11IN2O3/c1-2-3-9(14)11(16)15-10-5-4-7(13)6-8(10)12(17)18/h1,4-6,9H,3,14H2,(H,15,16)(H,17,18). The molecule has 4 N–H and O–H groups in total. The summed E-state index contributed by atoms with van der Waals surface area (Å²) in [6, 6.07) is 3.82. The number of carbonyl (C=O) groups excluding carboxylic acids is 1. The molecule has 1 aromatic carbocycles. The number of nitrogens with one attached hydrogen (secondary N) is 1. The van der Waals surface area contributed by atoms with E-state index in [0.29, 0.717) is 0 Å². The molecule has 0 aliphatic rings. The molecule has 1 amide bonds. The van der Waals surface area contributed by atoms with Crippen LogP contribution in [0.1, 0.15) is 16.8 Å². The third-order valence-electron chi connectivity index (χ3n) is 2.14. The fourth-order valence-electron chi connectivity index (χ4n) is 1.25. The van der Waals surface area contributed by atoms with Crippen molar-refractivity contribution in [2.24, 2.45) is 5.73 Å². The average Bonchev–Trinajstić information content (AvgIpc) is 2.31. The number of rotatable bonds is 4. The summed E-state index contributed by atoms with van der Waals surface area (Å²) < 4.78 is 0.760. The molecule has 1 aromatic rings. The van der Waals surface area contributed by atoms with E-state index in [1.54, 1.807) is 6.07 Å². The molecule has 0 spiro atoms. The number of benzene rings is 1. The van der Waals surface area contributed by atoms with Gasteiger partial charge in [0.15, 0.2) is 0 Å². The van der Waals surface area contributed by atoms with Gasteiger partial charge >= 0.3 is 5.97 Å². The van der Waals surface area contributed by atoms with Crippen molar-refractivity contribution in [1.82, 2.24) is 0 Å². The Morgan fingerprint density at radius 1 is 1.56 bits per heavy atom. The number of carboxylic acids is 1. The first-order valence-electron chi connectivity index (χ1n) is 4.98. The van der Waals surface area contributed by atoms with Gasteiger partial charge in [-0.15, -0.1) is 12.3 Å². The quantitative estimate of drug-likeness (QED) is 0.559. The van der Waals surface area contributed by atoms with Crippen LogP contribution in [0.4, 0.5) is 5.69 Å². The van der Waals surface area contributed by atoms with Crippen LogP contribution in [-0.2, 0) is 4.79 Å². The number of hydrogen-bond acceptors (Lipinski definition) is 3. The third-order valence-corrected chi connectivity index (χ3v) is 2.82. The zero-order chi connectivity index (χ0) is 13.7. The Labute approximate surface area is 118 Å². The zero-order valence-corrected chi connectivity index (χ0v) is 11.5. The molecular weight excluding hydrogens is 347 g/mol. The fraction of sp³-hybridized carbons (Fsp3) is 0.167. The minimum absolute atomic E-state index is 0.0168. The summed E-state index contributed by atoms with van der Waals surface area (Å²) in [6.45, 7) is 0. The summed E-state index contributed by atoms with van der Waals surface area (Å²) in [7, 11) is 0. The second-order valence-corrected chi connectivity index (χ2v) is 4.74. The Morgan fingerprint density at radius 3 is 2.78 bits per heavy atom. The van der Waals surface area contributed by atoms with E-state index < -0.39 is 17.9 Å². The van der Waals surface area contributed by atoms with E-state index in [1.165, 1.54) is 12.1 Å². The second kappa shape index (κ2) is 6.37. The topological polar surface area (TPSA) is 92.4 Å². The lowest BCUT2D eigenvalue weighted by atomic mass is 10.1. The number of anilines is 1. The lowest BCUT2D eigenvalue weighted by Crippen LogP contribution is -2.35. The summed E-state index contributed by atoms with van der Waals surface area (Å²) in [5.74, 6) is 0.658. The number of carbonyl (C=O) groups is 2. The van der Waals surface area contributed by atoms with E-state index in [2.05, 4.69) is 11.2 Å². The fourth-order valence-corrected chi connectivity index (χ4v) is 1.74. The van der Waals surface area contributed by atoms with Crippen molar-refractivity contribution in [2.75, 3.05) is 5.32 Å². The number of halogens is 1. The monoisotopic (exact) mass is 358 g/mol. The van der Waals surface area contributed by atoms with E-state index in [9.17, 15) is 9.59 Å². The number of amides is 1. The van der Waals surface area contributed by atoms with Gasteiger partial charge in [-0.05, 0) is 40.8 Å². The molecule has 5 nitrogen and oxygen atoms in total. The zero-order valence-electron chi connectivity index (χ0n) is 9.31. The number of aromatic carboxylic acids is 1. The van der Waals surface area contributed by atoms with Gasteiger partial charge in [-0.3, -0.25) is 4.79 Å². The van der Waals surface area contributed by atoms with Gasteiger partial charge in [0.2, 0.25) is 5.91 Å². The lowest BCUT2D eigenvalue weighted by Gasteiger charge is -2.12. The van der Waals surface area contributed by atoms with E-state index in [-0.39, 0.29) is 17.7 Å². The SMILES string of the molecule is C#CCC(N)C(=O)Nc1ccc(I)cc1C(=O)O. The van der Waals surface area contributed by atoms with Gasteiger partial charge in [0, 0.05) is 9.99 Å². The van der Waals surface area contributed by atoms with Crippen molar-refractivity contribution in [3.63, 3.8) is 0 Å². The normalized spacial score (nSPS) is 11.4. The molecule has 94 valence electrons. The maximum Gasteiger partial charge on any atom is 0.337 e. The molecule has 0 aliphatic carbocycles. The van der Waals surface area contributed by atoms with Crippen LogP contribution in [-0.4, -0.2) is 23.0 Å². The number of terminal acetylenes is 1. The van der Waals surface area contributed by atoms with Crippen molar-refractivity contribution >= 4 is 40.2 Å². The summed E-state index contributed by atoms with van der Waals surface area (Å²) in [5.41, 5.74) is 5.75. The van der Waals surface area contributed by atoms with Crippen LogP contribution in [0.15, 0.2) is 18.2 Å². The minimum atomic E-state index is -1.12. The molecule has 0 aliphatic heterocycles. The summed E-state index contributed by atoms with van der Waals surface area (Å²) in [6.07, 6.45) is 5.15. The highest BCUT2D eigenvalue weighted by Gasteiger charge is 2.16. The molecule has 0 heterocycles. The predicted octanol–water partition coefficient (Wildman–Crippen LogP) is 1.28. The van der Waals surface area contributed by atoms with Gasteiger partial charge < -0.3 is 16.2 Å². The van der Waals surface area contributed by atoms with Gasteiger partial charge in [0.05, 0.1) is 17.3 Å². The summed E-state index contributed by atoms with van der Waals surface area (Å²) >= 11 is 1.99. The molecule has 0 radical (unpaired) electrons. The first kappa shape index (κ1) is 14.5. The number of nitrogens with two attached hydrogens (primary N) is 1. The Bertz CT molecular complexity index is 523. The maximum absolute atomic E-state index is 11.6. The van der Waals surface area contributed by atoms with Crippen LogP contribution in [0.3, 0.4) is 0 Å². The van der Waals surface area contributed by atoms with Crippen molar-refractivity contribution in [3.8, 4) is 12.3 Å². The minimum Gasteiger partial charge on any atom is -0.478 e. The van der Waals surface area contributed by atoms with Crippen LogP contribution >= 0.6 is 22.6 Å². The molecule has 1 rings (SSSR count). The smallest absolute Gasteiger partial charge is 0.337 e. The molecule has 6 heteroatoms. The van der Waals surface area contributed by atoms with Crippen LogP contribution in [0.25, 0.3) is 0 Å². The molecule has 1 atom stereocenters. The van der Waals surface area contributed by atoms with Crippen LogP contribution < -0.4 is 11.1 Å². The maximum atomic E-state index is 11.6. The van der Waals surface area contributed by atoms with E-state index >= 15 is 0 Å². The van der Waals surface area contributed by atoms with Crippen molar-refractivity contribution in [2.45, 2.75) is 12.5 Å². The van der Waals surface area contributed by atoms with E-state index in [4.69, 9.17) is 17.3 Å². The Morgan fingerprint density at radius 2 is 2.22 bits per heavy atom. The average molecular weight is 358 g/mol. The number of hydrogen-bond donors (Lipinski definition) is 3. The van der Waals surface area contributed by atoms with Gasteiger partial charge in [0.1, 0.15) is 0 Å². The van der Waals surface area contributed by atoms with E-state index in [1.807, 2.05) is 22.6 Å². The molecule has 0 saturated heterocycles. The number of carboxylic acid groups (broad SMARTS) is 1. The largest absolute Gasteiger partial charge is 0.478 e. The highest BCUT2D eigenvalue weighted by molar-refractivity contribution is 14.1. The molecule has 1 unspecified atom stereocenters. The van der Waals surface area contributed by atoms with Crippen LogP contribution in [0.2, 0.25) is 0 Å². The summed E-state index contributed by atoms with van der Waals surface area (Å²) in [4.78, 5) is 22.7. The first-order valence-corrected chi connectivity index (χ1v) is 6.06. The van der Waals surface area contributed by atoms with Crippen LogP contribution in [0, 0.1) is 15.9 Å². The molecule has 0 aromatic heterocycles. The second-order valence-electron chi connectivity index (χ2n) is 3.50. The Hall–Kier alpha value is -1.59. The van der Waals surface area contributed by atoms with Gasteiger partial charge in [-0.2, -0.15) is 0 Å². The molecule has 0 bridgehead atoms. The third kappa shape index (κ3) is 3.72. The van der Waals surface area contributed by atoms with Crippen molar-refractivity contribution < 1.29 is 14.7 Å². The Balaban J connectivity index is 2.95. The first-order chi connectivity index (χ1) is 8.45. The molecule has 0 saturated carbocycles. The highest BCUT2D eigenvalue weighted by Crippen LogP contribution is 2.19. The molecular formula is C12H11IN2O3. The predicted molar refractivity (Wildman–Crippen MR) is 76.2 cm³/mol. The van der Waals surface area contributed by atoms with E-state index in [0.717, 1.165) is 3.57 Å². The van der Waals surface area contributed by atoms with Gasteiger partial charge in [0.25, 0.3) is 0 Å².